The average Bonchev–Trinajstić information content (AvgIpc) is 2.74. The molecule has 0 saturated heterocycles. The van der Waals surface area contributed by atoms with Crippen molar-refractivity contribution in [1.29, 1.82) is 0 Å². The first-order chi connectivity index (χ1) is 14.5. The summed E-state index contributed by atoms with van der Waals surface area (Å²) in [5.41, 5.74) is 2.74. The summed E-state index contributed by atoms with van der Waals surface area (Å²) in [6.07, 6.45) is 6.04. The van der Waals surface area contributed by atoms with Crippen LogP contribution in [0.2, 0.25) is 0 Å². The number of benzene rings is 1. The van der Waals surface area contributed by atoms with E-state index in [9.17, 15) is 14.3 Å². The van der Waals surface area contributed by atoms with Gasteiger partial charge in [-0.1, -0.05) is 13.0 Å². The van der Waals surface area contributed by atoms with Crippen molar-refractivity contribution >= 4 is 17.3 Å². The first-order valence-corrected chi connectivity index (χ1v) is 9.55. The van der Waals surface area contributed by atoms with E-state index in [0.717, 1.165) is 18.0 Å². The van der Waals surface area contributed by atoms with Crippen LogP contribution in [0.4, 0.5) is 15.8 Å². The molecule has 0 bridgehead atoms. The van der Waals surface area contributed by atoms with Crippen LogP contribution in [0.25, 0.3) is 11.4 Å². The number of nitrogens with zero attached hydrogens (tertiary/aromatic N) is 4. The molecule has 156 valence electrons. The minimum Gasteiger partial charge on any atom is -0.481 e. The second-order valence-corrected chi connectivity index (χ2v) is 6.55. The molecule has 8 nitrogen and oxygen atoms in total. The van der Waals surface area contributed by atoms with E-state index in [1.165, 1.54) is 0 Å². The molecule has 1 aromatic carbocycles. The number of hydrogen-bond acceptors (Lipinski definition) is 7. The summed E-state index contributed by atoms with van der Waals surface area (Å²) in [5.74, 6) is -1.20. The number of rotatable bonds is 9. The molecule has 0 aliphatic carbocycles. The summed E-state index contributed by atoms with van der Waals surface area (Å²) in [4.78, 5) is 27.6. The molecule has 0 aliphatic rings. The van der Waals surface area contributed by atoms with Gasteiger partial charge in [0, 0.05) is 11.3 Å². The maximum atomic E-state index is 13.3. The SMILES string of the molecule is CCOc1ncc(Nc2cc(C(CC)CC(=O)O)ccc2-c2ncc(F)cn2)cn1. The van der Waals surface area contributed by atoms with E-state index >= 15 is 0 Å². The topological polar surface area (TPSA) is 110 Å². The van der Waals surface area contributed by atoms with Gasteiger partial charge >= 0.3 is 12.0 Å². The van der Waals surface area contributed by atoms with Gasteiger partial charge in [0.2, 0.25) is 0 Å². The molecule has 2 aromatic heterocycles. The molecule has 3 rings (SSSR count). The van der Waals surface area contributed by atoms with Gasteiger partial charge in [-0.2, -0.15) is 0 Å². The first kappa shape index (κ1) is 21.1. The number of ether oxygens (including phenoxy) is 1. The van der Waals surface area contributed by atoms with Gasteiger partial charge in [-0.25, -0.2) is 24.3 Å². The summed E-state index contributed by atoms with van der Waals surface area (Å²) >= 11 is 0. The minimum atomic E-state index is -0.859. The van der Waals surface area contributed by atoms with E-state index in [1.807, 2.05) is 26.0 Å². The van der Waals surface area contributed by atoms with Gasteiger partial charge in [-0.3, -0.25) is 4.79 Å². The normalized spacial score (nSPS) is 11.7. The van der Waals surface area contributed by atoms with Crippen molar-refractivity contribution in [2.75, 3.05) is 11.9 Å². The predicted octanol–water partition coefficient (Wildman–Crippen LogP) is 4.18. The van der Waals surface area contributed by atoms with Crippen LogP contribution in [-0.2, 0) is 4.79 Å². The van der Waals surface area contributed by atoms with Gasteiger partial charge in [0.25, 0.3) is 0 Å². The second-order valence-electron chi connectivity index (χ2n) is 6.55. The van der Waals surface area contributed by atoms with Crippen molar-refractivity contribution in [2.45, 2.75) is 32.6 Å². The summed E-state index contributed by atoms with van der Waals surface area (Å²) in [7, 11) is 0. The fourth-order valence-corrected chi connectivity index (χ4v) is 3.01. The highest BCUT2D eigenvalue weighted by Crippen LogP contribution is 2.33. The first-order valence-electron chi connectivity index (χ1n) is 9.55. The Morgan fingerprint density at radius 3 is 2.43 bits per heavy atom. The van der Waals surface area contributed by atoms with E-state index in [2.05, 4.69) is 25.3 Å². The fraction of sp³-hybridized carbons (Fsp3) is 0.286. The number of carbonyl (C=O) groups is 1. The maximum absolute atomic E-state index is 13.3. The van der Waals surface area contributed by atoms with Crippen LogP contribution in [0, 0.1) is 5.82 Å². The average molecular weight is 411 g/mol. The molecule has 0 aliphatic heterocycles. The molecule has 2 heterocycles. The van der Waals surface area contributed by atoms with Gasteiger partial charge in [0.15, 0.2) is 11.6 Å². The predicted molar refractivity (Wildman–Crippen MR) is 109 cm³/mol. The molecule has 0 saturated carbocycles. The van der Waals surface area contributed by atoms with Crippen LogP contribution in [0.5, 0.6) is 6.01 Å². The lowest BCUT2D eigenvalue weighted by Gasteiger charge is -2.17. The Kier molecular flexibility index (Phi) is 6.84. The number of halogens is 1. The zero-order valence-corrected chi connectivity index (χ0v) is 16.7. The number of anilines is 2. The quantitative estimate of drug-likeness (QED) is 0.539. The molecule has 0 radical (unpaired) electrons. The Bertz CT molecular complexity index is 997. The Labute approximate surface area is 173 Å². The molecule has 9 heteroatoms. The number of carboxylic acids is 1. The molecular formula is C21H22FN5O3. The summed E-state index contributed by atoms with van der Waals surface area (Å²) in [6.45, 7) is 4.25. The lowest BCUT2D eigenvalue weighted by atomic mass is 9.91. The van der Waals surface area contributed by atoms with Crippen LogP contribution in [0.15, 0.2) is 43.0 Å². The highest BCUT2D eigenvalue weighted by Gasteiger charge is 2.17. The highest BCUT2D eigenvalue weighted by atomic mass is 19.1. The van der Waals surface area contributed by atoms with Crippen LogP contribution in [-0.4, -0.2) is 37.6 Å². The van der Waals surface area contributed by atoms with Crippen molar-refractivity contribution in [2.24, 2.45) is 0 Å². The van der Waals surface area contributed by atoms with Crippen molar-refractivity contribution < 1.29 is 19.0 Å². The van der Waals surface area contributed by atoms with Crippen LogP contribution in [0.1, 0.15) is 38.2 Å². The Morgan fingerprint density at radius 2 is 1.83 bits per heavy atom. The van der Waals surface area contributed by atoms with E-state index in [0.29, 0.717) is 35.8 Å². The van der Waals surface area contributed by atoms with Crippen LogP contribution >= 0.6 is 0 Å². The van der Waals surface area contributed by atoms with Gasteiger partial charge < -0.3 is 15.2 Å². The van der Waals surface area contributed by atoms with E-state index < -0.39 is 11.8 Å². The molecule has 0 fully saturated rings. The molecule has 30 heavy (non-hydrogen) atoms. The molecule has 1 unspecified atom stereocenters. The third-order valence-corrected chi connectivity index (χ3v) is 4.47. The van der Waals surface area contributed by atoms with Crippen molar-refractivity contribution in [1.82, 2.24) is 19.9 Å². The molecular weight excluding hydrogens is 389 g/mol. The smallest absolute Gasteiger partial charge is 0.316 e. The standard InChI is InChI=1S/C21H22FN5O3/c1-3-13(8-19(28)29)14-5-6-17(20-23-9-15(22)10-24-20)18(7-14)27-16-11-25-21(26-12-16)30-4-2/h5-7,9-13,27H,3-4,8H2,1-2H3,(H,28,29). The third kappa shape index (κ3) is 5.25. The van der Waals surface area contributed by atoms with Crippen molar-refractivity contribution in [3.63, 3.8) is 0 Å². The second kappa shape index (κ2) is 9.73. The number of aliphatic carboxylic acids is 1. The molecule has 3 aromatic rings. The lowest BCUT2D eigenvalue weighted by Crippen LogP contribution is -2.07. The van der Waals surface area contributed by atoms with Gasteiger partial charge in [0.1, 0.15) is 0 Å². The maximum Gasteiger partial charge on any atom is 0.316 e. The summed E-state index contributed by atoms with van der Waals surface area (Å²) in [5, 5.41) is 12.4. The van der Waals surface area contributed by atoms with Crippen LogP contribution < -0.4 is 10.1 Å². The number of carboxylic acid groups (broad SMARTS) is 1. The monoisotopic (exact) mass is 411 g/mol. The van der Waals surface area contributed by atoms with E-state index in [1.54, 1.807) is 18.5 Å². The van der Waals surface area contributed by atoms with E-state index in [4.69, 9.17) is 4.74 Å². The third-order valence-electron chi connectivity index (χ3n) is 4.47. The Morgan fingerprint density at radius 1 is 1.13 bits per heavy atom. The molecule has 0 spiro atoms. The fourth-order valence-electron chi connectivity index (χ4n) is 3.01. The highest BCUT2D eigenvalue weighted by molar-refractivity contribution is 5.78. The van der Waals surface area contributed by atoms with Crippen LogP contribution in [0.3, 0.4) is 0 Å². The van der Waals surface area contributed by atoms with Gasteiger partial charge in [-0.15, -0.1) is 0 Å². The summed E-state index contributed by atoms with van der Waals surface area (Å²) < 4.78 is 18.5. The zero-order valence-electron chi connectivity index (χ0n) is 16.7. The molecule has 2 N–H and O–H groups in total. The van der Waals surface area contributed by atoms with Crippen molar-refractivity contribution in [3.8, 4) is 17.4 Å². The molecule has 1 atom stereocenters. The van der Waals surface area contributed by atoms with Crippen molar-refractivity contribution in [3.05, 3.63) is 54.4 Å². The Hall–Kier alpha value is -3.62. The zero-order chi connectivity index (χ0) is 21.5. The van der Waals surface area contributed by atoms with E-state index in [-0.39, 0.29) is 18.3 Å². The summed E-state index contributed by atoms with van der Waals surface area (Å²) in [6, 6.07) is 5.77. The number of hydrogen-bond donors (Lipinski definition) is 2. The number of nitrogens with one attached hydrogen (secondary N) is 1. The van der Waals surface area contributed by atoms with Gasteiger partial charge in [-0.05, 0) is 37.0 Å². The Balaban J connectivity index is 1.99. The van der Waals surface area contributed by atoms with Gasteiger partial charge in [0.05, 0.1) is 43.5 Å². The number of aromatic nitrogens is 4. The lowest BCUT2D eigenvalue weighted by molar-refractivity contribution is -0.137. The minimum absolute atomic E-state index is 0.0223. The largest absolute Gasteiger partial charge is 0.481 e. The molecule has 0 amide bonds.